The van der Waals surface area contributed by atoms with Crippen molar-refractivity contribution in [2.24, 2.45) is 0 Å². The summed E-state index contributed by atoms with van der Waals surface area (Å²) in [7, 11) is 1.67. The van der Waals surface area contributed by atoms with Crippen molar-refractivity contribution in [2.45, 2.75) is 44.4 Å². The van der Waals surface area contributed by atoms with E-state index in [0.717, 1.165) is 56.7 Å². The van der Waals surface area contributed by atoms with Crippen LogP contribution >= 0.6 is 0 Å². The third-order valence-corrected chi connectivity index (χ3v) is 6.35. The highest BCUT2D eigenvalue weighted by atomic mass is 16.5. The number of nitrogens with one attached hydrogen (secondary N) is 1. The molecule has 4 rings (SSSR count). The second-order valence-corrected chi connectivity index (χ2v) is 8.55. The van der Waals surface area contributed by atoms with Gasteiger partial charge in [0.15, 0.2) is 0 Å². The van der Waals surface area contributed by atoms with Crippen LogP contribution in [0, 0.1) is 0 Å². The maximum atomic E-state index is 13.2. The lowest BCUT2D eigenvalue weighted by atomic mass is 10.0. The minimum atomic E-state index is -0.0911. The van der Waals surface area contributed by atoms with E-state index in [9.17, 15) is 9.90 Å². The second kappa shape index (κ2) is 10.6. The van der Waals surface area contributed by atoms with Crippen LogP contribution in [0.15, 0.2) is 48.5 Å². The highest BCUT2D eigenvalue weighted by Crippen LogP contribution is 2.24. The number of benzene rings is 2. The Morgan fingerprint density at radius 2 is 1.91 bits per heavy atom. The molecule has 0 radical (unpaired) electrons. The summed E-state index contributed by atoms with van der Waals surface area (Å²) in [6.07, 6.45) is 3.83. The van der Waals surface area contributed by atoms with Crippen molar-refractivity contribution in [3.8, 4) is 11.5 Å². The summed E-state index contributed by atoms with van der Waals surface area (Å²) in [6.45, 7) is 3.43. The van der Waals surface area contributed by atoms with E-state index in [-0.39, 0.29) is 23.9 Å². The predicted octanol–water partition coefficient (Wildman–Crippen LogP) is 3.76. The van der Waals surface area contributed by atoms with E-state index in [4.69, 9.17) is 9.47 Å². The smallest absolute Gasteiger partial charge is 0.318 e. The number of anilines is 1. The van der Waals surface area contributed by atoms with Gasteiger partial charge in [0.25, 0.3) is 0 Å². The zero-order chi connectivity index (χ0) is 22.3. The fraction of sp³-hybridized carbons (Fsp3) is 0.480. The number of phenols is 1. The topological polar surface area (TPSA) is 74.3 Å². The molecule has 2 heterocycles. The van der Waals surface area contributed by atoms with E-state index >= 15 is 0 Å². The van der Waals surface area contributed by atoms with E-state index in [1.54, 1.807) is 24.1 Å². The first-order valence-electron chi connectivity index (χ1n) is 11.5. The van der Waals surface area contributed by atoms with Crippen molar-refractivity contribution in [3.63, 3.8) is 0 Å². The SMILES string of the molecule is COc1ccc(N2CCC(NC(=O)N(Cc3ccccc3O)CC3CCCO3)CC2)cc1. The van der Waals surface area contributed by atoms with Gasteiger partial charge >= 0.3 is 6.03 Å². The molecule has 0 aromatic heterocycles. The number of nitrogens with zero attached hydrogens (tertiary/aromatic N) is 2. The van der Waals surface area contributed by atoms with E-state index in [2.05, 4.69) is 22.3 Å². The molecule has 1 unspecified atom stereocenters. The van der Waals surface area contributed by atoms with E-state index < -0.39 is 0 Å². The van der Waals surface area contributed by atoms with Gasteiger partial charge in [-0.1, -0.05) is 18.2 Å². The average molecular weight is 440 g/mol. The number of amides is 2. The largest absolute Gasteiger partial charge is 0.508 e. The van der Waals surface area contributed by atoms with Gasteiger partial charge in [0, 0.05) is 43.5 Å². The van der Waals surface area contributed by atoms with Gasteiger partial charge in [0.2, 0.25) is 0 Å². The Balaban J connectivity index is 1.34. The predicted molar refractivity (Wildman–Crippen MR) is 124 cm³/mol. The molecule has 0 aliphatic carbocycles. The molecular formula is C25H33N3O4. The van der Waals surface area contributed by atoms with Crippen LogP contribution in [0.5, 0.6) is 11.5 Å². The van der Waals surface area contributed by atoms with Crippen LogP contribution < -0.4 is 15.0 Å². The molecule has 0 spiro atoms. The molecule has 2 aliphatic rings. The fourth-order valence-electron chi connectivity index (χ4n) is 4.44. The summed E-state index contributed by atoms with van der Waals surface area (Å²) >= 11 is 0. The lowest BCUT2D eigenvalue weighted by Gasteiger charge is -2.35. The molecule has 172 valence electrons. The Morgan fingerprint density at radius 1 is 1.16 bits per heavy atom. The molecular weight excluding hydrogens is 406 g/mol. The normalized spacial score (nSPS) is 19.0. The Kier molecular flexibility index (Phi) is 7.37. The van der Waals surface area contributed by atoms with Gasteiger partial charge in [-0.2, -0.15) is 0 Å². The van der Waals surface area contributed by atoms with Crippen LogP contribution in [0.1, 0.15) is 31.2 Å². The Hall–Kier alpha value is -2.93. The second-order valence-electron chi connectivity index (χ2n) is 8.55. The minimum Gasteiger partial charge on any atom is -0.508 e. The van der Waals surface area contributed by atoms with Crippen LogP contribution in [0.3, 0.4) is 0 Å². The Morgan fingerprint density at radius 3 is 2.56 bits per heavy atom. The number of rotatable bonds is 7. The van der Waals surface area contributed by atoms with Gasteiger partial charge in [0.1, 0.15) is 11.5 Å². The molecule has 1 atom stereocenters. The van der Waals surface area contributed by atoms with Crippen molar-refractivity contribution in [2.75, 3.05) is 38.3 Å². The zero-order valence-electron chi connectivity index (χ0n) is 18.7. The number of phenolic OH excluding ortho intramolecular Hbond substituents is 1. The molecule has 7 nitrogen and oxygen atoms in total. The Labute approximate surface area is 189 Å². The molecule has 2 aromatic carbocycles. The lowest BCUT2D eigenvalue weighted by Crippen LogP contribution is -2.50. The first-order chi connectivity index (χ1) is 15.6. The molecule has 2 fully saturated rings. The molecule has 2 aliphatic heterocycles. The van der Waals surface area contributed by atoms with Crippen molar-refractivity contribution >= 4 is 11.7 Å². The summed E-state index contributed by atoms with van der Waals surface area (Å²) in [6, 6.07) is 15.3. The third-order valence-electron chi connectivity index (χ3n) is 6.35. The number of para-hydroxylation sites is 1. The summed E-state index contributed by atoms with van der Waals surface area (Å²) in [5.74, 6) is 1.07. The van der Waals surface area contributed by atoms with E-state index in [1.165, 1.54) is 5.69 Å². The van der Waals surface area contributed by atoms with Crippen LogP contribution in [-0.4, -0.2) is 61.5 Å². The molecule has 0 bridgehead atoms. The van der Waals surface area contributed by atoms with Gasteiger partial charge in [-0.25, -0.2) is 4.79 Å². The number of methoxy groups -OCH3 is 1. The van der Waals surface area contributed by atoms with Gasteiger partial charge in [-0.3, -0.25) is 0 Å². The molecule has 2 amide bonds. The van der Waals surface area contributed by atoms with Gasteiger partial charge in [-0.05, 0) is 56.0 Å². The number of hydrogen-bond acceptors (Lipinski definition) is 5. The molecule has 32 heavy (non-hydrogen) atoms. The maximum absolute atomic E-state index is 13.2. The molecule has 7 heteroatoms. The molecule has 2 aromatic rings. The Bertz CT molecular complexity index is 875. The molecule has 2 N–H and O–H groups in total. The first kappa shape index (κ1) is 22.3. The van der Waals surface area contributed by atoms with Crippen molar-refractivity contribution in [1.29, 1.82) is 0 Å². The lowest BCUT2D eigenvalue weighted by molar-refractivity contribution is 0.0785. The summed E-state index contributed by atoms with van der Waals surface area (Å²) < 4.78 is 11.0. The third kappa shape index (κ3) is 5.65. The van der Waals surface area contributed by atoms with Gasteiger partial charge in [-0.15, -0.1) is 0 Å². The van der Waals surface area contributed by atoms with Gasteiger partial charge < -0.3 is 29.7 Å². The van der Waals surface area contributed by atoms with Crippen LogP contribution in [0.25, 0.3) is 0 Å². The van der Waals surface area contributed by atoms with Crippen molar-refractivity contribution < 1.29 is 19.4 Å². The van der Waals surface area contributed by atoms with Crippen molar-refractivity contribution in [3.05, 3.63) is 54.1 Å². The number of ether oxygens (including phenoxy) is 2. The monoisotopic (exact) mass is 439 g/mol. The average Bonchev–Trinajstić information content (AvgIpc) is 3.34. The van der Waals surface area contributed by atoms with Crippen LogP contribution in [0.2, 0.25) is 0 Å². The molecule has 0 saturated carbocycles. The van der Waals surface area contributed by atoms with Crippen LogP contribution in [-0.2, 0) is 11.3 Å². The minimum absolute atomic E-state index is 0.0588. The highest BCUT2D eigenvalue weighted by molar-refractivity contribution is 5.74. The number of carbonyl (C=O) groups is 1. The number of hydrogen-bond donors (Lipinski definition) is 2. The highest BCUT2D eigenvalue weighted by Gasteiger charge is 2.27. The summed E-state index contributed by atoms with van der Waals surface area (Å²) in [5.41, 5.74) is 1.92. The zero-order valence-corrected chi connectivity index (χ0v) is 18.7. The number of carbonyl (C=O) groups excluding carboxylic acids is 1. The van der Waals surface area contributed by atoms with E-state index in [0.29, 0.717) is 13.1 Å². The number of aromatic hydroxyl groups is 1. The van der Waals surface area contributed by atoms with Crippen molar-refractivity contribution in [1.82, 2.24) is 10.2 Å². The van der Waals surface area contributed by atoms with E-state index in [1.807, 2.05) is 24.3 Å². The maximum Gasteiger partial charge on any atom is 0.318 e. The summed E-state index contributed by atoms with van der Waals surface area (Å²) in [5, 5.41) is 13.4. The standard InChI is InChI=1S/C25H33N3O4/c1-31-22-10-8-21(9-11-22)27-14-12-20(13-15-27)26-25(30)28(18-23-6-4-16-32-23)17-19-5-2-3-7-24(19)29/h2-3,5,7-11,20,23,29H,4,6,12-18H2,1H3,(H,26,30). The fourth-order valence-corrected chi connectivity index (χ4v) is 4.44. The van der Waals surface area contributed by atoms with Gasteiger partial charge in [0.05, 0.1) is 19.8 Å². The quantitative estimate of drug-likeness (QED) is 0.687. The summed E-state index contributed by atoms with van der Waals surface area (Å²) in [4.78, 5) is 17.3. The number of urea groups is 1. The first-order valence-corrected chi connectivity index (χ1v) is 11.5. The molecule has 2 saturated heterocycles. The number of piperidine rings is 1. The van der Waals surface area contributed by atoms with Crippen LogP contribution in [0.4, 0.5) is 10.5 Å².